The average molecular weight is 228 g/mol. The van der Waals surface area contributed by atoms with Gasteiger partial charge in [-0.2, -0.15) is 0 Å². The van der Waals surface area contributed by atoms with Crippen LogP contribution < -0.4 is 10.6 Å². The largest absolute Gasteiger partial charge is 0.377 e. The fourth-order valence-corrected chi connectivity index (χ4v) is 1.99. The van der Waals surface area contributed by atoms with Crippen molar-refractivity contribution in [2.75, 3.05) is 26.2 Å². The highest BCUT2D eigenvalue weighted by Gasteiger charge is 2.23. The molecule has 1 aliphatic heterocycles. The quantitative estimate of drug-likeness (QED) is 0.695. The van der Waals surface area contributed by atoms with Crippen LogP contribution in [0.5, 0.6) is 0 Å². The molecule has 0 radical (unpaired) electrons. The van der Waals surface area contributed by atoms with E-state index in [9.17, 15) is 0 Å². The van der Waals surface area contributed by atoms with Gasteiger partial charge >= 0.3 is 0 Å². The second-order valence-electron chi connectivity index (χ2n) is 5.54. The monoisotopic (exact) mass is 228 g/mol. The maximum atomic E-state index is 5.68. The smallest absolute Gasteiger partial charge is 0.0725 e. The summed E-state index contributed by atoms with van der Waals surface area (Å²) in [4.78, 5) is 0. The lowest BCUT2D eigenvalue weighted by molar-refractivity contribution is 0.0912. The summed E-state index contributed by atoms with van der Waals surface area (Å²) in [6, 6.07) is 0.523. The van der Waals surface area contributed by atoms with Gasteiger partial charge in [-0.15, -0.1) is 0 Å². The van der Waals surface area contributed by atoms with Crippen LogP contribution in [-0.4, -0.2) is 38.4 Å². The summed E-state index contributed by atoms with van der Waals surface area (Å²) in [5, 5.41) is 7.01. The van der Waals surface area contributed by atoms with Gasteiger partial charge in [-0.3, -0.25) is 0 Å². The van der Waals surface area contributed by atoms with E-state index in [0.717, 1.165) is 32.2 Å². The Balaban J connectivity index is 2.03. The standard InChI is InChI=1S/C13H28N2O/c1-10(2)7-14-8-12(4)15-9-13-11(3)5-6-16-13/h10-15H,5-9H2,1-4H3. The van der Waals surface area contributed by atoms with Crippen molar-refractivity contribution in [1.82, 2.24) is 10.6 Å². The van der Waals surface area contributed by atoms with Crippen LogP contribution in [0.4, 0.5) is 0 Å². The minimum absolute atomic E-state index is 0.424. The van der Waals surface area contributed by atoms with E-state index < -0.39 is 0 Å². The number of hydrogen-bond donors (Lipinski definition) is 2. The van der Waals surface area contributed by atoms with Gasteiger partial charge in [0.25, 0.3) is 0 Å². The summed E-state index contributed by atoms with van der Waals surface area (Å²) < 4.78 is 5.68. The number of nitrogens with one attached hydrogen (secondary N) is 2. The number of ether oxygens (including phenoxy) is 1. The predicted molar refractivity (Wildman–Crippen MR) is 68.7 cm³/mol. The van der Waals surface area contributed by atoms with Crippen LogP contribution in [0.15, 0.2) is 0 Å². The van der Waals surface area contributed by atoms with Gasteiger partial charge in [0.2, 0.25) is 0 Å². The van der Waals surface area contributed by atoms with Crippen molar-refractivity contribution in [2.45, 2.75) is 46.3 Å². The fraction of sp³-hybridized carbons (Fsp3) is 1.00. The Morgan fingerprint density at radius 1 is 1.25 bits per heavy atom. The third-order valence-electron chi connectivity index (χ3n) is 3.21. The fourth-order valence-electron chi connectivity index (χ4n) is 1.99. The summed E-state index contributed by atoms with van der Waals surface area (Å²) in [7, 11) is 0. The molecule has 1 rings (SSSR count). The molecular formula is C13H28N2O. The van der Waals surface area contributed by atoms with Gasteiger partial charge in [0.1, 0.15) is 0 Å². The van der Waals surface area contributed by atoms with Gasteiger partial charge in [-0.1, -0.05) is 20.8 Å². The number of hydrogen-bond acceptors (Lipinski definition) is 3. The van der Waals surface area contributed by atoms with E-state index in [0.29, 0.717) is 18.1 Å². The van der Waals surface area contributed by atoms with Crippen LogP contribution in [0, 0.1) is 11.8 Å². The van der Waals surface area contributed by atoms with E-state index in [-0.39, 0.29) is 0 Å². The molecule has 0 saturated carbocycles. The predicted octanol–water partition coefficient (Wildman–Crippen LogP) is 1.64. The molecule has 3 atom stereocenters. The van der Waals surface area contributed by atoms with Crippen molar-refractivity contribution in [2.24, 2.45) is 11.8 Å². The number of rotatable bonds is 7. The second kappa shape index (κ2) is 7.25. The average Bonchev–Trinajstić information content (AvgIpc) is 2.60. The maximum absolute atomic E-state index is 5.68. The molecule has 3 heteroatoms. The van der Waals surface area contributed by atoms with E-state index in [1.165, 1.54) is 6.42 Å². The van der Waals surface area contributed by atoms with Crippen LogP contribution in [-0.2, 0) is 4.74 Å². The highest BCUT2D eigenvalue weighted by molar-refractivity contribution is 4.76. The molecule has 0 aromatic heterocycles. The Hall–Kier alpha value is -0.120. The third kappa shape index (κ3) is 5.28. The first-order valence-corrected chi connectivity index (χ1v) is 6.65. The van der Waals surface area contributed by atoms with Crippen molar-refractivity contribution in [3.05, 3.63) is 0 Å². The highest BCUT2D eigenvalue weighted by Crippen LogP contribution is 2.19. The van der Waals surface area contributed by atoms with E-state index in [1.54, 1.807) is 0 Å². The Bertz CT molecular complexity index is 185. The summed E-state index contributed by atoms with van der Waals surface area (Å²) in [6.45, 7) is 13.0. The van der Waals surface area contributed by atoms with Gasteiger partial charge in [0, 0.05) is 25.7 Å². The van der Waals surface area contributed by atoms with Crippen LogP contribution in [0.25, 0.3) is 0 Å². The molecular weight excluding hydrogens is 200 g/mol. The van der Waals surface area contributed by atoms with E-state index in [4.69, 9.17) is 4.74 Å². The molecule has 1 heterocycles. The molecule has 3 nitrogen and oxygen atoms in total. The molecule has 0 aliphatic carbocycles. The summed E-state index contributed by atoms with van der Waals surface area (Å²) in [5.74, 6) is 1.44. The zero-order valence-electron chi connectivity index (χ0n) is 11.3. The molecule has 0 aromatic carbocycles. The van der Waals surface area contributed by atoms with Gasteiger partial charge < -0.3 is 15.4 Å². The first-order valence-electron chi connectivity index (χ1n) is 6.65. The van der Waals surface area contributed by atoms with Crippen molar-refractivity contribution in [3.8, 4) is 0 Å². The molecule has 0 spiro atoms. The molecule has 3 unspecified atom stereocenters. The molecule has 1 saturated heterocycles. The second-order valence-corrected chi connectivity index (χ2v) is 5.54. The van der Waals surface area contributed by atoms with Crippen LogP contribution in [0.1, 0.15) is 34.1 Å². The van der Waals surface area contributed by atoms with Crippen molar-refractivity contribution in [1.29, 1.82) is 0 Å². The van der Waals surface area contributed by atoms with Crippen molar-refractivity contribution in [3.63, 3.8) is 0 Å². The summed E-state index contributed by atoms with van der Waals surface area (Å²) in [5.41, 5.74) is 0. The van der Waals surface area contributed by atoms with E-state index in [2.05, 4.69) is 38.3 Å². The van der Waals surface area contributed by atoms with Gasteiger partial charge in [-0.05, 0) is 31.7 Å². The zero-order valence-corrected chi connectivity index (χ0v) is 11.3. The molecule has 0 bridgehead atoms. The Kier molecular flexibility index (Phi) is 6.32. The van der Waals surface area contributed by atoms with E-state index in [1.807, 2.05) is 0 Å². The van der Waals surface area contributed by atoms with Gasteiger partial charge in [0.15, 0.2) is 0 Å². The lowest BCUT2D eigenvalue weighted by Gasteiger charge is -2.20. The Morgan fingerprint density at radius 3 is 2.56 bits per heavy atom. The van der Waals surface area contributed by atoms with E-state index >= 15 is 0 Å². The normalized spacial score (nSPS) is 27.6. The van der Waals surface area contributed by atoms with Crippen LogP contribution in [0.2, 0.25) is 0 Å². The van der Waals surface area contributed by atoms with Crippen LogP contribution in [0.3, 0.4) is 0 Å². The topological polar surface area (TPSA) is 33.3 Å². The minimum Gasteiger partial charge on any atom is -0.377 e. The van der Waals surface area contributed by atoms with Gasteiger partial charge in [-0.25, -0.2) is 0 Å². The Morgan fingerprint density at radius 2 is 2.00 bits per heavy atom. The maximum Gasteiger partial charge on any atom is 0.0725 e. The molecule has 1 fully saturated rings. The molecule has 96 valence electrons. The highest BCUT2D eigenvalue weighted by atomic mass is 16.5. The lowest BCUT2D eigenvalue weighted by atomic mass is 10.0. The summed E-state index contributed by atoms with van der Waals surface area (Å²) >= 11 is 0. The first-order chi connectivity index (χ1) is 7.59. The molecule has 0 amide bonds. The Labute approximate surface area is 100 Å². The minimum atomic E-state index is 0.424. The van der Waals surface area contributed by atoms with Crippen LogP contribution >= 0.6 is 0 Å². The van der Waals surface area contributed by atoms with Crippen molar-refractivity contribution >= 4 is 0 Å². The van der Waals surface area contributed by atoms with Crippen molar-refractivity contribution < 1.29 is 4.74 Å². The first kappa shape index (κ1) is 13.9. The third-order valence-corrected chi connectivity index (χ3v) is 3.21. The molecule has 16 heavy (non-hydrogen) atoms. The summed E-state index contributed by atoms with van der Waals surface area (Å²) in [6.07, 6.45) is 1.64. The zero-order chi connectivity index (χ0) is 12.0. The van der Waals surface area contributed by atoms with Gasteiger partial charge in [0.05, 0.1) is 6.10 Å². The molecule has 2 N–H and O–H groups in total. The molecule has 1 aliphatic rings. The molecule has 0 aromatic rings. The SMILES string of the molecule is CC(C)CNCC(C)NCC1OCCC1C. The lowest BCUT2D eigenvalue weighted by Crippen LogP contribution is -2.41.